The highest BCUT2D eigenvalue weighted by Gasteiger charge is 2.59. The number of ether oxygens (including phenoxy) is 2. The van der Waals surface area contributed by atoms with E-state index in [2.05, 4.69) is 42.3 Å². The van der Waals surface area contributed by atoms with E-state index in [0.717, 1.165) is 18.5 Å². The maximum Gasteiger partial charge on any atom is 0.411 e. The van der Waals surface area contributed by atoms with Gasteiger partial charge >= 0.3 is 12.1 Å². The number of hydrazone groups is 1. The quantitative estimate of drug-likeness (QED) is 0.153. The van der Waals surface area contributed by atoms with Gasteiger partial charge in [-0.15, -0.1) is 10.6 Å². The minimum atomic E-state index is -0.623. The molecule has 1 aromatic heterocycles. The second kappa shape index (κ2) is 14.7. The number of hydrogen-bond acceptors (Lipinski definition) is 12. The summed E-state index contributed by atoms with van der Waals surface area (Å²) < 4.78 is 10.2. The molecule has 0 radical (unpaired) electrons. The van der Waals surface area contributed by atoms with Crippen LogP contribution in [0.25, 0.3) is 17.2 Å². The van der Waals surface area contributed by atoms with Crippen LogP contribution in [0, 0.1) is 5.92 Å². The van der Waals surface area contributed by atoms with E-state index in [1.165, 1.54) is 13.2 Å². The van der Waals surface area contributed by atoms with Crippen LogP contribution < -0.4 is 32.0 Å². The topological polar surface area (TPSA) is 171 Å². The number of carbonyl (C=O) groups excluding carboxylic acids is 3. The average Bonchev–Trinajstić information content (AvgIpc) is 3.51. The summed E-state index contributed by atoms with van der Waals surface area (Å²) in [6, 6.07) is 11.9. The molecule has 2 aliphatic heterocycles. The van der Waals surface area contributed by atoms with Crippen LogP contribution in [0.2, 0.25) is 10.2 Å². The molecule has 3 aliphatic rings. The van der Waals surface area contributed by atoms with Crippen molar-refractivity contribution in [2.45, 2.75) is 50.6 Å². The number of anilines is 3. The highest BCUT2D eigenvalue weighted by molar-refractivity contribution is 6.32. The van der Waals surface area contributed by atoms with Crippen molar-refractivity contribution in [3.8, 4) is 11.1 Å². The first-order valence-corrected chi connectivity index (χ1v) is 16.5. The second-order valence-corrected chi connectivity index (χ2v) is 12.6. The minimum absolute atomic E-state index is 0.149. The Morgan fingerprint density at radius 2 is 1.96 bits per heavy atom. The second-order valence-electron chi connectivity index (χ2n) is 11.8. The van der Waals surface area contributed by atoms with E-state index in [1.807, 2.05) is 12.1 Å². The summed E-state index contributed by atoms with van der Waals surface area (Å²) in [5.74, 6) is -0.955. The first-order chi connectivity index (χ1) is 23.7. The molecule has 16 heteroatoms. The molecule has 49 heavy (non-hydrogen) atoms. The van der Waals surface area contributed by atoms with Crippen molar-refractivity contribution in [3.05, 3.63) is 70.0 Å². The average molecular weight is 709 g/mol. The number of hydrogen-bond donors (Lipinski definition) is 5. The van der Waals surface area contributed by atoms with Gasteiger partial charge in [-0.05, 0) is 68.7 Å². The first kappa shape index (κ1) is 34.0. The Labute approximate surface area is 292 Å². The van der Waals surface area contributed by atoms with Crippen LogP contribution in [0.4, 0.5) is 21.9 Å². The summed E-state index contributed by atoms with van der Waals surface area (Å²) >= 11 is 12.9. The summed E-state index contributed by atoms with van der Waals surface area (Å²) in [5, 5.41) is 24.3. The maximum atomic E-state index is 13.4. The third kappa shape index (κ3) is 7.71. The number of nitrogens with zero attached hydrogens (tertiary/aromatic N) is 4. The molecule has 6 rings (SSSR count). The lowest BCUT2D eigenvalue weighted by Gasteiger charge is -2.26. The zero-order valence-electron chi connectivity index (χ0n) is 26.8. The van der Waals surface area contributed by atoms with Crippen LogP contribution >= 0.6 is 23.2 Å². The Morgan fingerprint density at radius 3 is 2.73 bits per heavy atom. The highest BCUT2D eigenvalue weighted by atomic mass is 35.5. The number of aromatic nitrogens is 2. The Morgan fingerprint density at radius 1 is 1.10 bits per heavy atom. The molecule has 0 saturated heterocycles. The summed E-state index contributed by atoms with van der Waals surface area (Å²) in [5.41, 5.74) is 9.26. The summed E-state index contributed by atoms with van der Waals surface area (Å²) in [6.07, 6.45) is 7.33. The minimum Gasteiger partial charge on any atom is -0.466 e. The molecule has 2 unspecified atom stereocenters. The number of amides is 2. The van der Waals surface area contributed by atoms with Crippen molar-refractivity contribution in [1.82, 2.24) is 26.6 Å². The van der Waals surface area contributed by atoms with Crippen LogP contribution in [-0.4, -0.2) is 53.8 Å². The maximum absolute atomic E-state index is 13.4. The summed E-state index contributed by atoms with van der Waals surface area (Å²) in [6.45, 7) is 2.07. The Bertz CT molecular complexity index is 1820. The number of fused-ring (bicyclic) bond motifs is 4. The van der Waals surface area contributed by atoms with Crippen molar-refractivity contribution >= 4 is 70.6 Å². The molecule has 5 N–H and O–H groups in total. The van der Waals surface area contributed by atoms with Crippen molar-refractivity contribution in [1.29, 1.82) is 0 Å². The van der Waals surface area contributed by atoms with Gasteiger partial charge < -0.3 is 20.1 Å². The van der Waals surface area contributed by atoms with Gasteiger partial charge in [0.25, 0.3) is 0 Å². The third-order valence-electron chi connectivity index (χ3n) is 8.65. The van der Waals surface area contributed by atoms with Gasteiger partial charge in [-0.1, -0.05) is 42.1 Å². The van der Waals surface area contributed by atoms with E-state index < -0.39 is 17.7 Å². The Hall–Kier alpha value is -4.92. The first-order valence-electron chi connectivity index (χ1n) is 15.8. The van der Waals surface area contributed by atoms with E-state index in [4.69, 9.17) is 32.7 Å². The van der Waals surface area contributed by atoms with E-state index in [-0.39, 0.29) is 29.6 Å². The van der Waals surface area contributed by atoms with Gasteiger partial charge in [0.05, 0.1) is 42.6 Å². The molecular weight excluding hydrogens is 673 g/mol. The van der Waals surface area contributed by atoms with Gasteiger partial charge in [-0.25, -0.2) is 15.3 Å². The lowest BCUT2D eigenvalue weighted by Crippen LogP contribution is -2.37. The highest BCUT2D eigenvalue weighted by Crippen LogP contribution is 2.52. The molecule has 1 saturated carbocycles. The summed E-state index contributed by atoms with van der Waals surface area (Å²) in [4.78, 5) is 38.4. The van der Waals surface area contributed by atoms with Gasteiger partial charge in [-0.3, -0.25) is 14.9 Å². The third-order valence-corrected chi connectivity index (χ3v) is 9.16. The van der Waals surface area contributed by atoms with Crippen molar-refractivity contribution in [2.75, 3.05) is 29.4 Å². The van der Waals surface area contributed by atoms with Gasteiger partial charge in [0.1, 0.15) is 6.34 Å². The smallest absolute Gasteiger partial charge is 0.411 e. The van der Waals surface area contributed by atoms with Gasteiger partial charge in [0.15, 0.2) is 5.15 Å². The molecule has 3 heterocycles. The lowest BCUT2D eigenvalue weighted by molar-refractivity contribution is -0.145. The van der Waals surface area contributed by atoms with Crippen LogP contribution in [-0.2, 0) is 19.1 Å². The van der Waals surface area contributed by atoms with E-state index in [0.29, 0.717) is 58.0 Å². The van der Waals surface area contributed by atoms with Crippen LogP contribution in [0.5, 0.6) is 0 Å². The Balaban J connectivity index is 1.32. The monoisotopic (exact) mass is 707 g/mol. The van der Waals surface area contributed by atoms with E-state index >= 15 is 0 Å². The molecule has 1 fully saturated rings. The van der Waals surface area contributed by atoms with Gasteiger partial charge in [0, 0.05) is 39.2 Å². The molecule has 3 aromatic rings. The van der Waals surface area contributed by atoms with Crippen molar-refractivity contribution < 1.29 is 23.9 Å². The normalized spacial score (nSPS) is 21.1. The fourth-order valence-corrected chi connectivity index (χ4v) is 6.52. The van der Waals surface area contributed by atoms with Gasteiger partial charge in [-0.2, -0.15) is 10.2 Å². The molecular formula is C33H35Cl2N9O5. The number of nitrogens with one attached hydrogen (secondary N) is 5. The lowest BCUT2D eigenvalue weighted by atomic mass is 9.95. The number of halogens is 2. The van der Waals surface area contributed by atoms with Crippen LogP contribution in [0.3, 0.4) is 0 Å². The zero-order chi connectivity index (χ0) is 34.5. The molecule has 256 valence electrons. The van der Waals surface area contributed by atoms with Crippen LogP contribution in [0.15, 0.2) is 53.6 Å². The van der Waals surface area contributed by atoms with Crippen molar-refractivity contribution in [2.24, 2.45) is 11.0 Å². The largest absolute Gasteiger partial charge is 0.466 e. The number of rotatable bonds is 7. The predicted molar refractivity (Wildman–Crippen MR) is 187 cm³/mol. The van der Waals surface area contributed by atoms with Gasteiger partial charge in [0.2, 0.25) is 5.91 Å². The SMILES string of the molecule is CCOC(=O)C1C[C@]12CCCCC(NC(=O)/C=C/c1cc(Cl)ccc1N1C=NNN1)c1cc(c(Cl)nn1)-c1ccc(NC(=O)OC)cc1N2. The standard InChI is InChI=1S/C33H35Cl2N9O5/c1-3-49-31(46)24-17-33(24)13-5-4-6-25(38-29(45)12-7-19-14-20(34)8-11-28(19)44-18-36-42-43-44)27-16-23(30(35)41-40-27)22-10-9-21(15-26(22)39-33)37-32(47)48-2/h7-12,14-16,18,24-25,39,42-43H,3-6,13,17H2,1-2H3,(H,37,47)(H,38,45)/b12-7+/t24?,25?,33-/m1/s1. The Kier molecular flexibility index (Phi) is 10.2. The zero-order valence-corrected chi connectivity index (χ0v) is 28.3. The number of benzene rings is 2. The molecule has 3 atom stereocenters. The fraction of sp³-hybridized carbons (Fsp3) is 0.333. The molecule has 1 aliphatic carbocycles. The number of hydrazine groups is 2. The van der Waals surface area contributed by atoms with E-state index in [9.17, 15) is 14.4 Å². The molecule has 14 nitrogen and oxygen atoms in total. The molecule has 2 bridgehead atoms. The van der Waals surface area contributed by atoms with E-state index in [1.54, 1.807) is 54.7 Å². The molecule has 1 spiro atoms. The molecule has 2 aromatic carbocycles. The summed E-state index contributed by atoms with van der Waals surface area (Å²) in [7, 11) is 1.28. The fourth-order valence-electron chi connectivity index (χ4n) is 6.15. The number of carbonyl (C=O) groups is 3. The number of methoxy groups -OCH3 is 1. The number of esters is 1. The van der Waals surface area contributed by atoms with Crippen molar-refractivity contribution in [3.63, 3.8) is 0 Å². The predicted octanol–water partition coefficient (Wildman–Crippen LogP) is 5.58. The molecule has 2 amide bonds. The van der Waals surface area contributed by atoms with Crippen LogP contribution in [0.1, 0.15) is 56.3 Å².